The van der Waals surface area contributed by atoms with Crippen molar-refractivity contribution < 1.29 is 24.5 Å². The largest absolute Gasteiger partial charge is 0.466 e. The topological polar surface area (TPSA) is 95.9 Å². The second-order valence-corrected chi connectivity index (χ2v) is 16.1. The van der Waals surface area contributed by atoms with Crippen LogP contribution in [0.2, 0.25) is 0 Å². The van der Waals surface area contributed by atoms with Gasteiger partial charge in [0, 0.05) is 12.8 Å². The number of amides is 1. The van der Waals surface area contributed by atoms with Crippen LogP contribution in [0, 0.1) is 0 Å². The van der Waals surface area contributed by atoms with Crippen LogP contribution in [0.15, 0.2) is 36.5 Å². The third-order valence-corrected chi connectivity index (χ3v) is 10.6. The van der Waals surface area contributed by atoms with Gasteiger partial charge in [0.25, 0.3) is 0 Å². The Balaban J connectivity index is 3.54. The zero-order valence-corrected chi connectivity index (χ0v) is 36.4. The highest BCUT2D eigenvalue weighted by Gasteiger charge is 2.18. The minimum Gasteiger partial charge on any atom is -0.466 e. The number of allylic oxidation sites excluding steroid dienone is 5. The molecule has 0 saturated heterocycles. The lowest BCUT2D eigenvalue weighted by atomic mass is 10.1. The van der Waals surface area contributed by atoms with E-state index in [4.69, 9.17) is 4.74 Å². The number of carbonyl (C=O) groups is 2. The highest BCUT2D eigenvalue weighted by molar-refractivity contribution is 5.76. The second-order valence-electron chi connectivity index (χ2n) is 16.1. The first kappa shape index (κ1) is 53.1. The lowest BCUT2D eigenvalue weighted by Crippen LogP contribution is -2.45. The van der Waals surface area contributed by atoms with Crippen LogP contribution in [-0.2, 0) is 14.3 Å². The van der Waals surface area contributed by atoms with Gasteiger partial charge in [-0.15, -0.1) is 0 Å². The van der Waals surface area contributed by atoms with Crippen LogP contribution >= 0.6 is 0 Å². The van der Waals surface area contributed by atoms with E-state index in [1.165, 1.54) is 135 Å². The van der Waals surface area contributed by atoms with Gasteiger partial charge in [-0.3, -0.25) is 9.59 Å². The third kappa shape index (κ3) is 41.5. The molecule has 0 radical (unpaired) electrons. The van der Waals surface area contributed by atoms with Gasteiger partial charge in [0.1, 0.15) is 0 Å². The van der Waals surface area contributed by atoms with Gasteiger partial charge in [-0.05, 0) is 83.5 Å². The summed E-state index contributed by atoms with van der Waals surface area (Å²) in [6.45, 7) is 4.77. The zero-order valence-electron chi connectivity index (χ0n) is 36.4. The molecule has 55 heavy (non-hydrogen) atoms. The molecule has 0 bridgehead atoms. The minimum atomic E-state index is -0.864. The first-order chi connectivity index (χ1) is 27.0. The van der Waals surface area contributed by atoms with E-state index in [2.05, 4.69) is 43.5 Å². The normalized spacial score (nSPS) is 13.0. The van der Waals surface area contributed by atoms with Gasteiger partial charge in [0.05, 0.1) is 25.4 Å². The van der Waals surface area contributed by atoms with Crippen LogP contribution in [0.3, 0.4) is 0 Å². The fraction of sp³-hybridized carbons (Fsp3) is 0.837. The molecule has 1 amide bonds. The number of hydrogen-bond donors (Lipinski definition) is 3. The summed E-state index contributed by atoms with van der Waals surface area (Å²) in [4.78, 5) is 24.4. The molecule has 0 aliphatic heterocycles. The third-order valence-electron chi connectivity index (χ3n) is 10.6. The Morgan fingerprint density at radius 3 is 1.29 bits per heavy atom. The van der Waals surface area contributed by atoms with E-state index in [9.17, 15) is 19.8 Å². The van der Waals surface area contributed by atoms with Gasteiger partial charge in [-0.1, -0.05) is 179 Å². The van der Waals surface area contributed by atoms with Crippen molar-refractivity contribution in [3.8, 4) is 0 Å². The van der Waals surface area contributed by atoms with Crippen LogP contribution in [-0.4, -0.2) is 47.4 Å². The molecule has 6 nitrogen and oxygen atoms in total. The minimum absolute atomic E-state index is 0.0427. The summed E-state index contributed by atoms with van der Waals surface area (Å²) in [6, 6.07) is -0.651. The molecule has 0 fully saturated rings. The van der Waals surface area contributed by atoms with Crippen molar-refractivity contribution >= 4 is 11.9 Å². The van der Waals surface area contributed by atoms with E-state index in [-0.39, 0.29) is 18.5 Å². The standard InChI is InChI=1S/C49H91NO5/c1-3-5-7-9-11-13-15-16-17-18-19-20-21-22-27-31-35-39-43-49(54)55-44-40-36-32-28-24-23-26-30-34-38-42-48(53)50-46(45-51)47(52)41-37-33-29-25-14-12-10-8-6-4-2/h17-18,24,28,37,41,46-47,51-52H,3-16,19-23,25-27,29-36,38-40,42-45H2,1-2H3,(H,50,53)/b18-17-,28-24-,41-37+. The predicted octanol–water partition coefficient (Wildman–Crippen LogP) is 13.7. The average Bonchev–Trinajstić information content (AvgIpc) is 3.18. The van der Waals surface area contributed by atoms with Crippen molar-refractivity contribution in [2.24, 2.45) is 0 Å². The number of nitrogens with one attached hydrogen (secondary N) is 1. The van der Waals surface area contributed by atoms with E-state index in [1.807, 2.05) is 6.08 Å². The van der Waals surface area contributed by atoms with Crippen molar-refractivity contribution in [3.05, 3.63) is 36.5 Å². The first-order valence-corrected chi connectivity index (χ1v) is 23.8. The molecule has 322 valence electrons. The summed E-state index contributed by atoms with van der Waals surface area (Å²) in [5, 5.41) is 22.9. The van der Waals surface area contributed by atoms with Crippen molar-refractivity contribution in [3.63, 3.8) is 0 Å². The Labute approximate surface area is 341 Å². The predicted molar refractivity (Wildman–Crippen MR) is 236 cm³/mol. The molecule has 0 aliphatic carbocycles. The summed E-state index contributed by atoms with van der Waals surface area (Å²) in [5.41, 5.74) is 0. The number of aliphatic hydroxyl groups is 2. The van der Waals surface area contributed by atoms with Gasteiger partial charge in [0.15, 0.2) is 0 Å². The number of rotatable bonds is 43. The Morgan fingerprint density at radius 2 is 0.855 bits per heavy atom. The summed E-state index contributed by atoms with van der Waals surface area (Å²) in [5.74, 6) is -0.150. The van der Waals surface area contributed by atoms with Crippen molar-refractivity contribution in [1.29, 1.82) is 0 Å². The summed E-state index contributed by atoms with van der Waals surface area (Å²) in [6.07, 6.45) is 52.9. The quantitative estimate of drug-likeness (QED) is 0.0326. The Bertz CT molecular complexity index is 900. The maximum absolute atomic E-state index is 12.3. The number of unbranched alkanes of at least 4 members (excludes halogenated alkanes) is 28. The fourth-order valence-electron chi connectivity index (χ4n) is 6.91. The number of aliphatic hydroxyl groups excluding tert-OH is 2. The van der Waals surface area contributed by atoms with Crippen LogP contribution in [0.5, 0.6) is 0 Å². The molecule has 0 rings (SSSR count). The molecule has 3 N–H and O–H groups in total. The SMILES string of the molecule is CCCCCCCCC/C=C\CCCCCCCCCC(=O)OCCCC/C=C\CCCCCCC(=O)NC(CO)C(O)/C=C/CCCCCCCCCC. The highest BCUT2D eigenvalue weighted by atomic mass is 16.5. The Morgan fingerprint density at radius 1 is 0.491 bits per heavy atom. The summed E-state index contributed by atoms with van der Waals surface area (Å²) in [7, 11) is 0. The number of carbonyl (C=O) groups excluding carboxylic acids is 2. The number of esters is 1. The molecule has 6 heteroatoms. The molecule has 0 aromatic carbocycles. The van der Waals surface area contributed by atoms with Gasteiger partial charge in [-0.25, -0.2) is 0 Å². The molecular formula is C49H91NO5. The van der Waals surface area contributed by atoms with Gasteiger partial charge in [0.2, 0.25) is 5.91 Å². The van der Waals surface area contributed by atoms with E-state index in [1.54, 1.807) is 6.08 Å². The number of ether oxygens (including phenoxy) is 1. The molecule has 0 aromatic heterocycles. The van der Waals surface area contributed by atoms with Gasteiger partial charge in [-0.2, -0.15) is 0 Å². The van der Waals surface area contributed by atoms with Crippen molar-refractivity contribution in [1.82, 2.24) is 5.32 Å². The van der Waals surface area contributed by atoms with Crippen LogP contribution in [0.25, 0.3) is 0 Å². The molecule has 2 unspecified atom stereocenters. The molecule has 0 saturated carbocycles. The highest BCUT2D eigenvalue weighted by Crippen LogP contribution is 2.14. The van der Waals surface area contributed by atoms with E-state index in [0.717, 1.165) is 77.0 Å². The number of hydrogen-bond acceptors (Lipinski definition) is 5. The maximum atomic E-state index is 12.3. The summed E-state index contributed by atoms with van der Waals surface area (Å²) >= 11 is 0. The lowest BCUT2D eigenvalue weighted by molar-refractivity contribution is -0.143. The maximum Gasteiger partial charge on any atom is 0.305 e. The Hall–Kier alpha value is -1.92. The monoisotopic (exact) mass is 774 g/mol. The lowest BCUT2D eigenvalue weighted by Gasteiger charge is -2.20. The molecule has 0 aromatic rings. The smallest absolute Gasteiger partial charge is 0.305 e. The average molecular weight is 774 g/mol. The van der Waals surface area contributed by atoms with Crippen LogP contribution in [0.4, 0.5) is 0 Å². The molecular weight excluding hydrogens is 683 g/mol. The van der Waals surface area contributed by atoms with E-state index < -0.39 is 12.1 Å². The molecule has 0 heterocycles. The first-order valence-electron chi connectivity index (χ1n) is 23.8. The molecule has 0 spiro atoms. The zero-order chi connectivity index (χ0) is 40.1. The van der Waals surface area contributed by atoms with E-state index in [0.29, 0.717) is 19.4 Å². The van der Waals surface area contributed by atoms with E-state index >= 15 is 0 Å². The molecule has 2 atom stereocenters. The molecule has 0 aliphatic rings. The second kappa shape index (κ2) is 44.8. The Kier molecular flexibility index (Phi) is 43.2. The van der Waals surface area contributed by atoms with Crippen LogP contribution in [0.1, 0.15) is 239 Å². The van der Waals surface area contributed by atoms with Crippen molar-refractivity contribution in [2.75, 3.05) is 13.2 Å². The van der Waals surface area contributed by atoms with Gasteiger partial charge >= 0.3 is 5.97 Å². The summed E-state index contributed by atoms with van der Waals surface area (Å²) < 4.78 is 5.43. The fourth-order valence-corrected chi connectivity index (χ4v) is 6.91. The van der Waals surface area contributed by atoms with Crippen LogP contribution < -0.4 is 5.32 Å². The van der Waals surface area contributed by atoms with Gasteiger partial charge < -0.3 is 20.3 Å². The van der Waals surface area contributed by atoms with Crippen molar-refractivity contribution in [2.45, 2.75) is 251 Å².